The molecule has 2 rings (SSSR count). The average molecular weight is 309 g/mol. The molecule has 0 amide bonds. The molecular formula is C14H14BrOP. The van der Waals surface area contributed by atoms with Crippen molar-refractivity contribution < 1.29 is 4.79 Å². The molecule has 17 heavy (non-hydrogen) atoms. The van der Waals surface area contributed by atoms with Crippen LogP contribution in [-0.2, 0) is 9.95 Å². The van der Waals surface area contributed by atoms with Crippen LogP contribution < -0.4 is 0 Å². The van der Waals surface area contributed by atoms with Gasteiger partial charge in [-0.25, -0.2) is 0 Å². The lowest BCUT2D eigenvalue weighted by atomic mass is 9.91. The van der Waals surface area contributed by atoms with Gasteiger partial charge in [-0.05, 0) is 11.1 Å². The van der Waals surface area contributed by atoms with Crippen LogP contribution in [-0.4, -0.2) is 6.29 Å². The lowest BCUT2D eigenvalue weighted by Gasteiger charge is -2.23. The summed E-state index contributed by atoms with van der Waals surface area (Å²) < 4.78 is 0. The highest BCUT2D eigenvalue weighted by Gasteiger charge is 2.27. The zero-order valence-corrected chi connectivity index (χ0v) is 12.1. The highest BCUT2D eigenvalue weighted by atomic mass is 79.9. The van der Waals surface area contributed by atoms with Gasteiger partial charge in [0.2, 0.25) is 0 Å². The molecule has 0 aliphatic carbocycles. The van der Waals surface area contributed by atoms with Crippen LogP contribution in [0.3, 0.4) is 0 Å². The molecule has 0 N–H and O–H groups in total. The van der Waals surface area contributed by atoms with Gasteiger partial charge in [0.05, 0.1) is 5.16 Å². The third-order valence-corrected chi connectivity index (χ3v) is 3.49. The summed E-state index contributed by atoms with van der Waals surface area (Å²) in [4.78, 5) is 11.4. The molecule has 0 saturated carbocycles. The number of aldehydes is 1. The van der Waals surface area contributed by atoms with E-state index in [1.165, 1.54) is 0 Å². The molecule has 0 heterocycles. The van der Waals surface area contributed by atoms with E-state index in [2.05, 4.69) is 9.24 Å². The van der Waals surface area contributed by atoms with Crippen molar-refractivity contribution >= 4 is 32.5 Å². The predicted octanol–water partition coefficient (Wildman–Crippen LogP) is 3.58. The Morgan fingerprint density at radius 3 is 1.47 bits per heavy atom. The van der Waals surface area contributed by atoms with Gasteiger partial charge >= 0.3 is 0 Å². The fraction of sp³-hybridized carbons (Fsp3) is 0.0714. The number of hydrogen-bond donors (Lipinski definition) is 0. The fourth-order valence-corrected chi connectivity index (χ4v) is 2.12. The third-order valence-electron chi connectivity index (χ3n) is 2.69. The molecule has 0 spiro atoms. The van der Waals surface area contributed by atoms with Gasteiger partial charge in [0.1, 0.15) is 6.29 Å². The monoisotopic (exact) mass is 308 g/mol. The van der Waals surface area contributed by atoms with Gasteiger partial charge in [0, 0.05) is 0 Å². The van der Waals surface area contributed by atoms with E-state index < -0.39 is 5.16 Å². The van der Waals surface area contributed by atoms with Crippen molar-refractivity contribution in [3.05, 3.63) is 71.8 Å². The molecule has 0 aliphatic rings. The molecule has 2 aromatic rings. The zero-order valence-electron chi connectivity index (χ0n) is 9.24. The number of carbonyl (C=O) groups excluding carboxylic acids is 1. The van der Waals surface area contributed by atoms with Crippen molar-refractivity contribution in [2.75, 3.05) is 0 Å². The molecule has 1 unspecified atom stereocenters. The Morgan fingerprint density at radius 1 is 0.824 bits per heavy atom. The summed E-state index contributed by atoms with van der Waals surface area (Å²) in [6.07, 6.45) is 0.975. The largest absolute Gasteiger partial charge is 0.302 e. The molecule has 0 fully saturated rings. The molecule has 0 aromatic heterocycles. The smallest absolute Gasteiger partial charge is 0.138 e. The minimum Gasteiger partial charge on any atom is -0.302 e. The minimum absolute atomic E-state index is 0. The van der Waals surface area contributed by atoms with Gasteiger partial charge in [0.25, 0.3) is 0 Å². The lowest BCUT2D eigenvalue weighted by Crippen LogP contribution is -2.21. The predicted molar refractivity (Wildman–Crippen MR) is 79.8 cm³/mol. The highest BCUT2D eigenvalue weighted by molar-refractivity contribution is 8.93. The van der Waals surface area contributed by atoms with E-state index in [0.717, 1.165) is 17.4 Å². The quantitative estimate of drug-likeness (QED) is 0.625. The number of carbonyl (C=O) groups is 1. The van der Waals surface area contributed by atoms with Crippen molar-refractivity contribution in [2.24, 2.45) is 0 Å². The van der Waals surface area contributed by atoms with E-state index in [1.807, 2.05) is 60.7 Å². The van der Waals surface area contributed by atoms with Gasteiger partial charge in [-0.15, -0.1) is 26.2 Å². The van der Waals surface area contributed by atoms with Crippen LogP contribution in [0.15, 0.2) is 60.7 Å². The maximum atomic E-state index is 11.4. The Kier molecular flexibility index (Phi) is 5.04. The first-order valence-electron chi connectivity index (χ1n) is 5.13. The SMILES string of the molecule is Br.O=CC(P)(c1ccccc1)c1ccccc1. The Labute approximate surface area is 114 Å². The number of benzene rings is 2. The third kappa shape index (κ3) is 2.83. The first-order chi connectivity index (χ1) is 7.77. The van der Waals surface area contributed by atoms with Crippen molar-refractivity contribution in [2.45, 2.75) is 5.16 Å². The molecular weight excluding hydrogens is 295 g/mol. The van der Waals surface area contributed by atoms with Crippen LogP contribution in [0, 0.1) is 0 Å². The summed E-state index contributed by atoms with van der Waals surface area (Å²) in [6, 6.07) is 19.5. The summed E-state index contributed by atoms with van der Waals surface area (Å²) in [7, 11) is 2.65. The summed E-state index contributed by atoms with van der Waals surface area (Å²) in [5.41, 5.74) is 1.97. The fourth-order valence-electron chi connectivity index (χ4n) is 1.73. The molecule has 0 bridgehead atoms. The Hall–Kier alpha value is -0.980. The Bertz CT molecular complexity index is 431. The number of halogens is 1. The summed E-state index contributed by atoms with van der Waals surface area (Å²) >= 11 is 0. The van der Waals surface area contributed by atoms with Crippen molar-refractivity contribution in [1.29, 1.82) is 0 Å². The minimum atomic E-state index is -0.636. The molecule has 1 atom stereocenters. The lowest BCUT2D eigenvalue weighted by molar-refractivity contribution is -0.109. The Balaban J connectivity index is 0.00000144. The average Bonchev–Trinajstić information content (AvgIpc) is 2.40. The first-order valence-corrected chi connectivity index (χ1v) is 5.71. The summed E-state index contributed by atoms with van der Waals surface area (Å²) in [5, 5.41) is -0.636. The van der Waals surface area contributed by atoms with Crippen LogP contribution in [0.25, 0.3) is 0 Å². The Morgan fingerprint density at radius 2 is 1.18 bits per heavy atom. The second-order valence-corrected chi connectivity index (χ2v) is 4.63. The van der Waals surface area contributed by atoms with E-state index in [4.69, 9.17) is 0 Å². The van der Waals surface area contributed by atoms with Gasteiger partial charge in [-0.3, -0.25) is 0 Å². The normalized spacial score (nSPS) is 10.4. The van der Waals surface area contributed by atoms with Crippen LogP contribution in [0.2, 0.25) is 0 Å². The number of rotatable bonds is 3. The molecule has 0 radical (unpaired) electrons. The van der Waals surface area contributed by atoms with Gasteiger partial charge in [0.15, 0.2) is 0 Å². The van der Waals surface area contributed by atoms with Crippen molar-refractivity contribution in [3.63, 3.8) is 0 Å². The highest BCUT2D eigenvalue weighted by Crippen LogP contribution is 2.36. The van der Waals surface area contributed by atoms with E-state index in [1.54, 1.807) is 0 Å². The standard InChI is InChI=1S/C14H13OP.BrH/c15-11-14(16,12-7-3-1-4-8-12)13-9-5-2-6-10-13;/h1-11H,16H2;1H. The van der Waals surface area contributed by atoms with E-state index in [9.17, 15) is 4.79 Å². The second kappa shape index (κ2) is 6.09. The van der Waals surface area contributed by atoms with Crippen LogP contribution >= 0.6 is 26.2 Å². The topological polar surface area (TPSA) is 17.1 Å². The summed E-state index contributed by atoms with van der Waals surface area (Å²) in [5.74, 6) is 0. The van der Waals surface area contributed by atoms with E-state index in [-0.39, 0.29) is 17.0 Å². The summed E-state index contributed by atoms with van der Waals surface area (Å²) in [6.45, 7) is 0. The molecule has 3 heteroatoms. The molecule has 0 aliphatic heterocycles. The van der Waals surface area contributed by atoms with E-state index in [0.29, 0.717) is 0 Å². The van der Waals surface area contributed by atoms with Gasteiger partial charge in [-0.2, -0.15) is 0 Å². The molecule has 1 nitrogen and oxygen atoms in total. The van der Waals surface area contributed by atoms with Crippen LogP contribution in [0.1, 0.15) is 11.1 Å². The molecule has 88 valence electrons. The maximum absolute atomic E-state index is 11.4. The van der Waals surface area contributed by atoms with Gasteiger partial charge in [-0.1, -0.05) is 60.7 Å². The van der Waals surface area contributed by atoms with Crippen molar-refractivity contribution in [3.8, 4) is 0 Å². The first kappa shape index (κ1) is 14.1. The number of hydrogen-bond acceptors (Lipinski definition) is 1. The van der Waals surface area contributed by atoms with E-state index >= 15 is 0 Å². The maximum Gasteiger partial charge on any atom is 0.138 e. The molecule has 2 aromatic carbocycles. The van der Waals surface area contributed by atoms with Crippen LogP contribution in [0.5, 0.6) is 0 Å². The van der Waals surface area contributed by atoms with Gasteiger partial charge < -0.3 is 4.79 Å². The second-order valence-electron chi connectivity index (χ2n) is 3.72. The van der Waals surface area contributed by atoms with Crippen LogP contribution in [0.4, 0.5) is 0 Å². The molecule has 0 saturated heterocycles. The zero-order chi connectivity index (χ0) is 11.4. The van der Waals surface area contributed by atoms with Crippen molar-refractivity contribution in [1.82, 2.24) is 0 Å².